The first-order chi connectivity index (χ1) is 10.2. The van der Waals surface area contributed by atoms with E-state index in [1.807, 2.05) is 0 Å². The maximum absolute atomic E-state index is 12.9. The summed E-state index contributed by atoms with van der Waals surface area (Å²) in [5, 5.41) is 9.62. The molecule has 1 aliphatic heterocycles. The van der Waals surface area contributed by atoms with Crippen molar-refractivity contribution >= 4 is 5.91 Å². The van der Waals surface area contributed by atoms with E-state index in [9.17, 15) is 27.5 Å². The van der Waals surface area contributed by atoms with Crippen LogP contribution in [0, 0.1) is 5.82 Å². The van der Waals surface area contributed by atoms with Crippen molar-refractivity contribution in [2.24, 2.45) is 0 Å². The Morgan fingerprint density at radius 3 is 2.59 bits per heavy atom. The summed E-state index contributed by atoms with van der Waals surface area (Å²) in [5.74, 6) is -1.66. The van der Waals surface area contributed by atoms with Gasteiger partial charge in [0.2, 0.25) is 0 Å². The van der Waals surface area contributed by atoms with Gasteiger partial charge in [-0.2, -0.15) is 13.2 Å². The van der Waals surface area contributed by atoms with E-state index in [1.165, 1.54) is 15.9 Å². The molecule has 1 atom stereocenters. The van der Waals surface area contributed by atoms with Gasteiger partial charge in [-0.15, -0.1) is 0 Å². The number of rotatable bonds is 2. The molecular weight excluding hydrogens is 304 g/mol. The number of benzene rings is 1. The Morgan fingerprint density at radius 1 is 1.36 bits per heavy atom. The number of piperazine rings is 1. The molecule has 1 N–H and O–H groups in total. The summed E-state index contributed by atoms with van der Waals surface area (Å²) in [5.41, 5.74) is -0.0575. The molecule has 1 aromatic carbocycles. The van der Waals surface area contributed by atoms with Gasteiger partial charge in [0.25, 0.3) is 5.91 Å². The van der Waals surface area contributed by atoms with Crippen LogP contribution in [0.3, 0.4) is 0 Å². The highest BCUT2D eigenvalue weighted by molar-refractivity contribution is 5.96. The smallest absolute Gasteiger partial charge is 0.401 e. The van der Waals surface area contributed by atoms with Crippen LogP contribution in [0.4, 0.5) is 17.6 Å². The van der Waals surface area contributed by atoms with Gasteiger partial charge in [0.05, 0.1) is 12.1 Å². The molecule has 0 bridgehead atoms. The molecule has 1 fully saturated rings. The van der Waals surface area contributed by atoms with Crippen LogP contribution in [0.2, 0.25) is 0 Å². The fraction of sp³-hybridized carbons (Fsp3) is 0.500. The average molecular weight is 320 g/mol. The number of halogens is 4. The quantitative estimate of drug-likeness (QED) is 0.850. The summed E-state index contributed by atoms with van der Waals surface area (Å²) in [6.45, 7) is 0.921. The van der Waals surface area contributed by atoms with Crippen LogP contribution >= 0.6 is 0 Å². The second kappa shape index (κ2) is 6.12. The van der Waals surface area contributed by atoms with Gasteiger partial charge in [-0.3, -0.25) is 9.69 Å². The van der Waals surface area contributed by atoms with Crippen molar-refractivity contribution in [1.29, 1.82) is 0 Å². The molecule has 0 aromatic heterocycles. The first kappa shape index (κ1) is 16.5. The van der Waals surface area contributed by atoms with Crippen LogP contribution < -0.4 is 0 Å². The van der Waals surface area contributed by atoms with E-state index in [0.29, 0.717) is 0 Å². The zero-order chi connectivity index (χ0) is 16.5. The van der Waals surface area contributed by atoms with Crippen molar-refractivity contribution in [1.82, 2.24) is 9.80 Å². The summed E-state index contributed by atoms with van der Waals surface area (Å²) in [7, 11) is 0. The first-order valence-corrected chi connectivity index (χ1v) is 6.76. The lowest BCUT2D eigenvalue weighted by atomic mass is 10.1. The lowest BCUT2D eigenvalue weighted by molar-refractivity contribution is -0.153. The van der Waals surface area contributed by atoms with Crippen molar-refractivity contribution in [3.05, 3.63) is 29.6 Å². The number of aromatic hydroxyl groups is 1. The highest BCUT2D eigenvalue weighted by Gasteiger charge is 2.36. The largest absolute Gasteiger partial charge is 0.507 e. The normalized spacial score (nSPS) is 20.2. The molecule has 0 radical (unpaired) electrons. The minimum absolute atomic E-state index is 0.0575. The van der Waals surface area contributed by atoms with Crippen molar-refractivity contribution in [3.63, 3.8) is 0 Å². The van der Waals surface area contributed by atoms with Crippen LogP contribution in [-0.4, -0.2) is 59.2 Å². The molecule has 22 heavy (non-hydrogen) atoms. The molecule has 0 saturated carbocycles. The van der Waals surface area contributed by atoms with E-state index in [1.54, 1.807) is 6.92 Å². The van der Waals surface area contributed by atoms with Gasteiger partial charge in [-0.05, 0) is 19.1 Å². The van der Waals surface area contributed by atoms with Gasteiger partial charge in [0.1, 0.15) is 11.6 Å². The summed E-state index contributed by atoms with van der Waals surface area (Å²) in [6.07, 6.45) is -4.28. The zero-order valence-electron chi connectivity index (χ0n) is 11.9. The predicted molar refractivity (Wildman–Crippen MR) is 71.1 cm³/mol. The van der Waals surface area contributed by atoms with E-state index in [2.05, 4.69) is 0 Å². The number of phenols is 1. The monoisotopic (exact) mass is 320 g/mol. The van der Waals surface area contributed by atoms with Gasteiger partial charge in [0, 0.05) is 31.7 Å². The van der Waals surface area contributed by atoms with E-state index >= 15 is 0 Å². The average Bonchev–Trinajstić information content (AvgIpc) is 2.39. The Labute approximate surface area is 124 Å². The molecule has 8 heteroatoms. The van der Waals surface area contributed by atoms with Crippen molar-refractivity contribution in [2.75, 3.05) is 26.2 Å². The van der Waals surface area contributed by atoms with Crippen molar-refractivity contribution < 1.29 is 27.5 Å². The Morgan fingerprint density at radius 2 is 2.05 bits per heavy atom. The molecule has 1 heterocycles. The Bertz CT molecular complexity index is 562. The molecule has 0 spiro atoms. The van der Waals surface area contributed by atoms with Crippen molar-refractivity contribution in [3.8, 4) is 5.75 Å². The molecule has 2 rings (SSSR count). The summed E-state index contributed by atoms with van der Waals surface area (Å²) < 4.78 is 50.2. The summed E-state index contributed by atoms with van der Waals surface area (Å²) >= 11 is 0. The highest BCUT2D eigenvalue weighted by atomic mass is 19.4. The van der Waals surface area contributed by atoms with Crippen LogP contribution in [0.25, 0.3) is 0 Å². The fourth-order valence-electron chi connectivity index (χ4n) is 2.50. The van der Waals surface area contributed by atoms with Gasteiger partial charge in [-0.1, -0.05) is 0 Å². The molecule has 1 amide bonds. The molecule has 0 aliphatic carbocycles. The minimum Gasteiger partial charge on any atom is -0.507 e. The van der Waals surface area contributed by atoms with Gasteiger partial charge >= 0.3 is 6.18 Å². The third-order valence-electron chi connectivity index (χ3n) is 3.62. The molecule has 4 nitrogen and oxygen atoms in total. The Hall–Kier alpha value is -1.83. The molecule has 1 aromatic rings. The maximum Gasteiger partial charge on any atom is 0.401 e. The number of nitrogens with zero attached hydrogens (tertiary/aromatic N) is 2. The number of hydrogen-bond acceptors (Lipinski definition) is 3. The molecule has 122 valence electrons. The Balaban J connectivity index is 2.05. The zero-order valence-corrected chi connectivity index (χ0v) is 11.9. The van der Waals surface area contributed by atoms with Crippen LogP contribution in [-0.2, 0) is 0 Å². The van der Waals surface area contributed by atoms with E-state index in [-0.39, 0.29) is 25.2 Å². The number of hydrogen-bond donors (Lipinski definition) is 1. The SMILES string of the molecule is CC1CN(C(=O)c2ccc(F)cc2O)CCN1CC(F)(F)F. The highest BCUT2D eigenvalue weighted by Crippen LogP contribution is 2.23. The first-order valence-electron chi connectivity index (χ1n) is 6.76. The maximum atomic E-state index is 12.9. The number of carbonyl (C=O) groups is 1. The third-order valence-corrected chi connectivity index (χ3v) is 3.62. The van der Waals surface area contributed by atoms with E-state index in [0.717, 1.165) is 12.1 Å². The standard InChI is InChI=1S/C14H16F4N2O2/c1-9-7-19(4-5-20(9)8-14(16,17)18)13(22)11-3-2-10(15)6-12(11)21/h2-3,6,9,21H,4-5,7-8H2,1H3. The number of phenolic OH excluding ortho intramolecular Hbond substituents is 1. The van der Waals surface area contributed by atoms with Crippen LogP contribution in [0.1, 0.15) is 17.3 Å². The second-order valence-electron chi connectivity index (χ2n) is 5.35. The minimum atomic E-state index is -4.28. The molecule has 1 aliphatic rings. The van der Waals surface area contributed by atoms with Gasteiger partial charge in [0.15, 0.2) is 0 Å². The molecule has 1 saturated heterocycles. The van der Waals surface area contributed by atoms with Gasteiger partial charge < -0.3 is 10.0 Å². The van der Waals surface area contributed by atoms with Crippen LogP contribution in [0.15, 0.2) is 18.2 Å². The van der Waals surface area contributed by atoms with Gasteiger partial charge in [-0.25, -0.2) is 4.39 Å². The fourth-order valence-corrected chi connectivity index (χ4v) is 2.50. The topological polar surface area (TPSA) is 43.8 Å². The third kappa shape index (κ3) is 3.88. The summed E-state index contributed by atoms with van der Waals surface area (Å²) in [6, 6.07) is 2.59. The molecule has 1 unspecified atom stereocenters. The van der Waals surface area contributed by atoms with E-state index < -0.39 is 36.2 Å². The number of amides is 1. The number of carbonyl (C=O) groups excluding carboxylic acids is 1. The summed E-state index contributed by atoms with van der Waals surface area (Å²) in [4.78, 5) is 14.9. The van der Waals surface area contributed by atoms with E-state index in [4.69, 9.17) is 0 Å². The Kier molecular flexibility index (Phi) is 4.60. The second-order valence-corrected chi connectivity index (χ2v) is 5.35. The lowest BCUT2D eigenvalue weighted by Gasteiger charge is -2.40. The number of alkyl halides is 3. The van der Waals surface area contributed by atoms with Crippen LogP contribution in [0.5, 0.6) is 5.75 Å². The molecular formula is C14H16F4N2O2. The van der Waals surface area contributed by atoms with Crippen molar-refractivity contribution in [2.45, 2.75) is 19.1 Å². The lowest BCUT2D eigenvalue weighted by Crippen LogP contribution is -2.55. The predicted octanol–water partition coefficient (Wildman–Crippen LogP) is 2.24.